The van der Waals surface area contributed by atoms with Gasteiger partial charge in [-0.15, -0.1) is 0 Å². The third kappa shape index (κ3) is 5.54. The Kier molecular flexibility index (Phi) is 7.40. The maximum Gasteiger partial charge on any atom is 0.306 e. The Labute approximate surface area is 220 Å². The minimum atomic E-state index is -0.833. The molecule has 38 heavy (non-hydrogen) atoms. The second-order valence-corrected chi connectivity index (χ2v) is 9.82. The molecule has 0 unspecified atom stereocenters. The number of nitrogens with one attached hydrogen (secondary N) is 1. The van der Waals surface area contributed by atoms with Gasteiger partial charge < -0.3 is 10.4 Å². The highest BCUT2D eigenvalue weighted by molar-refractivity contribution is 5.97. The highest BCUT2D eigenvalue weighted by Crippen LogP contribution is 2.29. The zero-order valence-electron chi connectivity index (χ0n) is 21.2. The molecule has 0 radical (unpaired) electrons. The Balaban J connectivity index is 1.44. The molecule has 2 heterocycles. The van der Waals surface area contributed by atoms with Crippen LogP contribution in [0.4, 0.5) is 4.39 Å². The van der Waals surface area contributed by atoms with E-state index in [1.807, 2.05) is 12.1 Å². The fraction of sp³-hybridized carbons (Fsp3) is 0.300. The van der Waals surface area contributed by atoms with Gasteiger partial charge in [0.05, 0.1) is 34.4 Å². The first kappa shape index (κ1) is 25.4. The maximum absolute atomic E-state index is 13.6. The summed E-state index contributed by atoms with van der Waals surface area (Å²) in [4.78, 5) is 38.6. The highest BCUT2D eigenvalue weighted by Gasteiger charge is 2.23. The zero-order valence-corrected chi connectivity index (χ0v) is 21.2. The number of hydrogen-bond donors (Lipinski definition) is 2. The lowest BCUT2D eigenvalue weighted by molar-refractivity contribution is -0.141. The second kappa shape index (κ2) is 11.0. The lowest BCUT2D eigenvalue weighted by Crippen LogP contribution is -2.31. The molecule has 0 saturated carbocycles. The molecule has 2 atom stereocenters. The summed E-state index contributed by atoms with van der Waals surface area (Å²) in [5, 5.41) is 12.4. The van der Waals surface area contributed by atoms with E-state index >= 15 is 0 Å². The van der Waals surface area contributed by atoms with E-state index in [1.165, 1.54) is 12.1 Å². The van der Waals surface area contributed by atoms with Crippen LogP contribution in [0.2, 0.25) is 0 Å². The number of rotatable bonds is 8. The van der Waals surface area contributed by atoms with Gasteiger partial charge in [-0.25, -0.2) is 14.4 Å². The first-order valence-corrected chi connectivity index (χ1v) is 12.9. The summed E-state index contributed by atoms with van der Waals surface area (Å²) >= 11 is 0. The van der Waals surface area contributed by atoms with E-state index in [4.69, 9.17) is 9.97 Å². The zero-order chi connectivity index (χ0) is 26.6. The number of aryl methyl sites for hydroxylation is 2. The Bertz CT molecular complexity index is 1490. The molecule has 1 aliphatic carbocycles. The molecule has 5 rings (SSSR count). The van der Waals surface area contributed by atoms with Crippen LogP contribution >= 0.6 is 0 Å². The number of aromatic nitrogens is 3. The van der Waals surface area contributed by atoms with Crippen molar-refractivity contribution in [2.45, 2.75) is 51.5 Å². The number of carboxylic acid groups (broad SMARTS) is 1. The molecule has 2 aromatic carbocycles. The number of carbonyl (C=O) groups is 2. The number of nitrogens with zero attached hydrogens (tertiary/aromatic N) is 3. The largest absolute Gasteiger partial charge is 0.481 e. The van der Waals surface area contributed by atoms with Crippen molar-refractivity contribution in [2.24, 2.45) is 5.92 Å². The van der Waals surface area contributed by atoms with Crippen LogP contribution in [0.1, 0.15) is 66.0 Å². The number of carbonyl (C=O) groups excluding carboxylic acids is 1. The van der Waals surface area contributed by atoms with Gasteiger partial charge in [0.15, 0.2) is 0 Å². The average Bonchev–Trinajstić information content (AvgIpc) is 2.93. The minimum absolute atomic E-state index is 0.0885. The molecule has 0 saturated heterocycles. The molecule has 4 aromatic rings. The second-order valence-electron chi connectivity index (χ2n) is 9.82. The summed E-state index contributed by atoms with van der Waals surface area (Å²) in [5.41, 5.74) is 5.83. The Morgan fingerprint density at radius 3 is 2.71 bits per heavy atom. The first-order chi connectivity index (χ1) is 18.4. The van der Waals surface area contributed by atoms with Gasteiger partial charge in [-0.05, 0) is 92.6 Å². The number of halogens is 1. The number of fused-ring (bicyclic) bond motifs is 2. The number of hydrogen-bond acceptors (Lipinski definition) is 5. The standard InChI is InChI=1S/C30H29FN4O3/c1-18(30(37)38)5-2-9-26-28(19-10-13-21(31)14-11-19)34-25-15-12-20(17-27(25)33-26)29(36)35-24-8-3-7-23-22(24)6-4-16-32-23/h4,6,10-18,24H,2-3,5,7-9H2,1H3,(H,35,36)(H,37,38)/t18-,24+/m0/s1. The fourth-order valence-electron chi connectivity index (χ4n) is 4.94. The van der Waals surface area contributed by atoms with E-state index in [9.17, 15) is 19.1 Å². The molecule has 2 N–H and O–H groups in total. The number of carboxylic acids is 1. The fourth-order valence-corrected chi connectivity index (χ4v) is 4.94. The van der Waals surface area contributed by atoms with Gasteiger partial charge in [0.25, 0.3) is 5.91 Å². The van der Waals surface area contributed by atoms with Crippen LogP contribution in [0.25, 0.3) is 22.3 Å². The van der Waals surface area contributed by atoms with E-state index in [0.29, 0.717) is 47.2 Å². The van der Waals surface area contributed by atoms with Crippen molar-refractivity contribution < 1.29 is 19.1 Å². The van der Waals surface area contributed by atoms with Crippen molar-refractivity contribution in [3.8, 4) is 11.3 Å². The Morgan fingerprint density at radius 1 is 1.11 bits per heavy atom. The molecule has 0 bridgehead atoms. The summed E-state index contributed by atoms with van der Waals surface area (Å²) < 4.78 is 13.6. The lowest BCUT2D eigenvalue weighted by atomic mass is 9.91. The predicted octanol–water partition coefficient (Wildman–Crippen LogP) is 5.68. The third-order valence-electron chi connectivity index (χ3n) is 7.10. The predicted molar refractivity (Wildman–Crippen MR) is 142 cm³/mol. The van der Waals surface area contributed by atoms with Gasteiger partial charge in [0.2, 0.25) is 0 Å². The van der Waals surface area contributed by atoms with Gasteiger partial charge in [-0.2, -0.15) is 0 Å². The summed E-state index contributed by atoms with van der Waals surface area (Å²) in [5.74, 6) is -1.82. The van der Waals surface area contributed by atoms with Gasteiger partial charge in [-0.3, -0.25) is 14.6 Å². The van der Waals surface area contributed by atoms with Crippen molar-refractivity contribution in [3.05, 3.63) is 89.1 Å². The summed E-state index contributed by atoms with van der Waals surface area (Å²) in [6, 6.07) is 15.2. The SMILES string of the molecule is C[C@@H](CCCc1nc2cc(C(=O)N[C@@H]3CCCc4ncccc43)ccc2nc1-c1ccc(F)cc1)C(=O)O. The van der Waals surface area contributed by atoms with Crippen LogP contribution in [0.3, 0.4) is 0 Å². The van der Waals surface area contributed by atoms with E-state index in [-0.39, 0.29) is 17.8 Å². The topological polar surface area (TPSA) is 105 Å². The molecular formula is C30H29FN4O3. The van der Waals surface area contributed by atoms with Crippen LogP contribution in [0.15, 0.2) is 60.8 Å². The van der Waals surface area contributed by atoms with Gasteiger partial charge in [0.1, 0.15) is 5.82 Å². The highest BCUT2D eigenvalue weighted by atomic mass is 19.1. The van der Waals surface area contributed by atoms with Crippen molar-refractivity contribution in [1.29, 1.82) is 0 Å². The molecule has 0 spiro atoms. The molecule has 194 valence electrons. The molecule has 7 nitrogen and oxygen atoms in total. The molecule has 0 aliphatic heterocycles. The van der Waals surface area contributed by atoms with Crippen molar-refractivity contribution in [2.75, 3.05) is 0 Å². The molecule has 2 aromatic heterocycles. The summed E-state index contributed by atoms with van der Waals surface area (Å²) in [6.45, 7) is 1.68. The van der Waals surface area contributed by atoms with Crippen LogP contribution in [0, 0.1) is 11.7 Å². The smallest absolute Gasteiger partial charge is 0.306 e. The van der Waals surface area contributed by atoms with Crippen LogP contribution in [-0.2, 0) is 17.6 Å². The van der Waals surface area contributed by atoms with Crippen LogP contribution in [-0.4, -0.2) is 31.9 Å². The van der Waals surface area contributed by atoms with E-state index in [1.54, 1.807) is 43.5 Å². The normalized spacial score (nSPS) is 15.6. The molecular weight excluding hydrogens is 483 g/mol. The number of pyridine rings is 1. The summed E-state index contributed by atoms with van der Waals surface area (Å²) in [7, 11) is 0. The number of benzene rings is 2. The van der Waals surface area contributed by atoms with Gasteiger partial charge in [-0.1, -0.05) is 13.0 Å². The number of amides is 1. The minimum Gasteiger partial charge on any atom is -0.481 e. The molecule has 1 aliphatic rings. The van der Waals surface area contributed by atoms with Crippen molar-refractivity contribution >= 4 is 22.9 Å². The third-order valence-corrected chi connectivity index (χ3v) is 7.10. The van der Waals surface area contributed by atoms with Crippen molar-refractivity contribution in [1.82, 2.24) is 20.3 Å². The van der Waals surface area contributed by atoms with E-state index < -0.39 is 11.9 Å². The van der Waals surface area contributed by atoms with E-state index in [2.05, 4.69) is 10.3 Å². The molecule has 0 fully saturated rings. The van der Waals surface area contributed by atoms with Gasteiger partial charge >= 0.3 is 5.97 Å². The Hall–Kier alpha value is -4.20. The summed E-state index contributed by atoms with van der Waals surface area (Å²) in [6.07, 6.45) is 6.14. The molecule has 1 amide bonds. The monoisotopic (exact) mass is 512 g/mol. The number of aliphatic carboxylic acids is 1. The molecule has 8 heteroatoms. The Morgan fingerprint density at radius 2 is 1.92 bits per heavy atom. The van der Waals surface area contributed by atoms with Crippen molar-refractivity contribution in [3.63, 3.8) is 0 Å². The average molecular weight is 513 g/mol. The van der Waals surface area contributed by atoms with Gasteiger partial charge in [0, 0.05) is 23.0 Å². The quantitative estimate of drug-likeness (QED) is 0.315. The van der Waals surface area contributed by atoms with Crippen LogP contribution in [0.5, 0.6) is 0 Å². The first-order valence-electron chi connectivity index (χ1n) is 12.9. The van der Waals surface area contributed by atoms with E-state index in [0.717, 1.165) is 36.1 Å². The lowest BCUT2D eigenvalue weighted by Gasteiger charge is -2.25. The maximum atomic E-state index is 13.6. The van der Waals surface area contributed by atoms with Crippen LogP contribution < -0.4 is 5.32 Å².